The molecule has 3 aromatic rings. The number of nitrogens with two attached hydrogens (primary N) is 1. The second-order valence-electron chi connectivity index (χ2n) is 7.71. The van der Waals surface area contributed by atoms with Gasteiger partial charge in [-0.1, -0.05) is 24.6 Å². The Labute approximate surface area is 195 Å². The Morgan fingerprint density at radius 3 is 2.61 bits per heavy atom. The quantitative estimate of drug-likeness (QED) is 0.389. The third-order valence-electron chi connectivity index (χ3n) is 5.19. The molecule has 0 aliphatic heterocycles. The van der Waals surface area contributed by atoms with Crippen molar-refractivity contribution in [2.24, 2.45) is 5.73 Å². The van der Waals surface area contributed by atoms with Gasteiger partial charge < -0.3 is 16.2 Å². The Bertz CT molecular complexity index is 1150. The Kier molecular flexibility index (Phi) is 7.91. The van der Waals surface area contributed by atoms with Crippen LogP contribution in [0.2, 0.25) is 5.02 Å². The summed E-state index contributed by atoms with van der Waals surface area (Å²) in [5.41, 5.74) is 6.06. The Morgan fingerprint density at radius 1 is 1.27 bits per heavy atom. The van der Waals surface area contributed by atoms with Crippen LogP contribution >= 0.6 is 11.6 Å². The molecule has 0 radical (unpaired) electrons. The van der Waals surface area contributed by atoms with Gasteiger partial charge in [-0.3, -0.25) is 9.59 Å². The molecular weight excluding hydrogens is 449 g/mol. The zero-order valence-electron chi connectivity index (χ0n) is 18.3. The van der Waals surface area contributed by atoms with E-state index >= 15 is 4.39 Å². The molecular formula is C23H25ClFN5O3. The fourth-order valence-electron chi connectivity index (χ4n) is 3.54. The van der Waals surface area contributed by atoms with Crippen LogP contribution in [-0.2, 0) is 11.4 Å². The molecule has 2 heterocycles. The summed E-state index contributed by atoms with van der Waals surface area (Å²) >= 11 is 6.21. The fraction of sp³-hybridized carbons (Fsp3) is 0.304. The van der Waals surface area contributed by atoms with Gasteiger partial charge in [0.2, 0.25) is 5.91 Å². The van der Waals surface area contributed by atoms with Gasteiger partial charge in [0.25, 0.3) is 0 Å². The predicted octanol–water partition coefficient (Wildman–Crippen LogP) is 3.09. The lowest BCUT2D eigenvalue weighted by atomic mass is 9.96. The minimum absolute atomic E-state index is 0.00923. The molecule has 0 aliphatic rings. The molecule has 4 N–H and O–H groups in total. The predicted molar refractivity (Wildman–Crippen MR) is 122 cm³/mol. The second-order valence-corrected chi connectivity index (χ2v) is 8.12. The highest BCUT2D eigenvalue weighted by molar-refractivity contribution is 6.35. The number of benzene rings is 1. The molecule has 2 atom stereocenters. The molecule has 0 saturated heterocycles. The molecule has 1 amide bonds. The Balaban J connectivity index is 1.89. The summed E-state index contributed by atoms with van der Waals surface area (Å²) in [7, 11) is 0. The SMILES string of the molecule is CC[C@@H](N[C@H](C)CC(N)=O)c1ccc(Cl)c(C(=O)c2ccc(-n3cc(CO)cn3)nc2)c1F. The van der Waals surface area contributed by atoms with Crippen molar-refractivity contribution in [2.75, 3.05) is 0 Å². The number of carbonyl (C=O) groups excluding carboxylic acids is 2. The number of aliphatic hydroxyl groups excluding tert-OH is 1. The summed E-state index contributed by atoms with van der Waals surface area (Å²) in [5.74, 6) is -1.35. The minimum atomic E-state index is -0.720. The monoisotopic (exact) mass is 473 g/mol. The maximum Gasteiger partial charge on any atom is 0.218 e. The van der Waals surface area contributed by atoms with Crippen LogP contribution in [0.25, 0.3) is 5.82 Å². The minimum Gasteiger partial charge on any atom is -0.392 e. The summed E-state index contributed by atoms with van der Waals surface area (Å²) in [5, 5.41) is 16.4. The highest BCUT2D eigenvalue weighted by Gasteiger charge is 2.25. The molecule has 8 nitrogen and oxygen atoms in total. The number of rotatable bonds is 10. The van der Waals surface area contributed by atoms with Crippen molar-refractivity contribution in [2.45, 2.75) is 45.4 Å². The van der Waals surface area contributed by atoms with Crippen molar-refractivity contribution in [1.29, 1.82) is 0 Å². The third-order valence-corrected chi connectivity index (χ3v) is 5.50. The van der Waals surface area contributed by atoms with Crippen LogP contribution in [0.3, 0.4) is 0 Å². The molecule has 174 valence electrons. The largest absolute Gasteiger partial charge is 0.392 e. The molecule has 0 saturated carbocycles. The number of halogens is 2. The number of pyridine rings is 1. The van der Waals surface area contributed by atoms with E-state index < -0.39 is 23.5 Å². The Morgan fingerprint density at radius 2 is 2.03 bits per heavy atom. The van der Waals surface area contributed by atoms with Crippen LogP contribution in [0.1, 0.15) is 59.8 Å². The fourth-order valence-corrected chi connectivity index (χ4v) is 3.78. The normalized spacial score (nSPS) is 13.0. The number of carbonyl (C=O) groups is 2. The van der Waals surface area contributed by atoms with Gasteiger partial charge in [0, 0.05) is 47.6 Å². The van der Waals surface area contributed by atoms with Gasteiger partial charge in [0.05, 0.1) is 23.4 Å². The first-order chi connectivity index (χ1) is 15.7. The van der Waals surface area contributed by atoms with E-state index in [1.54, 1.807) is 19.2 Å². The molecule has 10 heteroatoms. The first kappa shape index (κ1) is 24.5. The summed E-state index contributed by atoms with van der Waals surface area (Å²) in [6, 6.07) is 5.38. The van der Waals surface area contributed by atoms with Crippen LogP contribution in [0.5, 0.6) is 0 Å². The number of hydrogen-bond acceptors (Lipinski definition) is 6. The van der Waals surface area contributed by atoms with Crippen LogP contribution in [0, 0.1) is 5.82 Å². The van der Waals surface area contributed by atoms with Crippen LogP contribution in [0.4, 0.5) is 4.39 Å². The van der Waals surface area contributed by atoms with E-state index in [0.29, 0.717) is 17.8 Å². The molecule has 1 aromatic carbocycles. The van der Waals surface area contributed by atoms with E-state index in [0.717, 1.165) is 0 Å². The van der Waals surface area contributed by atoms with Gasteiger partial charge in [-0.05, 0) is 31.5 Å². The van der Waals surface area contributed by atoms with Gasteiger partial charge in [-0.25, -0.2) is 14.1 Å². The number of nitrogens with zero attached hydrogens (tertiary/aromatic N) is 3. The van der Waals surface area contributed by atoms with E-state index in [4.69, 9.17) is 22.4 Å². The van der Waals surface area contributed by atoms with Crippen molar-refractivity contribution >= 4 is 23.3 Å². The number of hydrogen-bond donors (Lipinski definition) is 3. The number of nitrogens with one attached hydrogen (secondary N) is 1. The average Bonchev–Trinajstić information content (AvgIpc) is 3.27. The molecule has 0 bridgehead atoms. The highest BCUT2D eigenvalue weighted by Crippen LogP contribution is 2.30. The van der Waals surface area contributed by atoms with Gasteiger partial charge in [-0.15, -0.1) is 0 Å². The van der Waals surface area contributed by atoms with Crippen LogP contribution in [0.15, 0.2) is 42.9 Å². The van der Waals surface area contributed by atoms with Crippen molar-refractivity contribution in [1.82, 2.24) is 20.1 Å². The number of ketones is 1. The molecule has 0 fully saturated rings. The number of aromatic nitrogens is 3. The maximum atomic E-state index is 15.5. The third kappa shape index (κ3) is 5.62. The van der Waals surface area contributed by atoms with Crippen molar-refractivity contribution in [3.05, 3.63) is 75.9 Å². The molecule has 0 aliphatic carbocycles. The zero-order chi connectivity index (χ0) is 24.1. The van der Waals surface area contributed by atoms with E-state index in [9.17, 15) is 9.59 Å². The van der Waals surface area contributed by atoms with Gasteiger partial charge in [-0.2, -0.15) is 5.10 Å². The number of primary amides is 1. The summed E-state index contributed by atoms with van der Waals surface area (Å²) in [4.78, 5) is 28.5. The number of aliphatic hydroxyl groups is 1. The van der Waals surface area contributed by atoms with Gasteiger partial charge in [0.1, 0.15) is 5.82 Å². The molecule has 0 spiro atoms. The zero-order valence-corrected chi connectivity index (χ0v) is 19.0. The van der Waals surface area contributed by atoms with E-state index in [1.807, 2.05) is 6.92 Å². The summed E-state index contributed by atoms with van der Waals surface area (Å²) in [6.45, 7) is 3.49. The molecule has 33 heavy (non-hydrogen) atoms. The van der Waals surface area contributed by atoms with Crippen molar-refractivity contribution in [3.8, 4) is 5.82 Å². The van der Waals surface area contributed by atoms with Crippen LogP contribution < -0.4 is 11.1 Å². The summed E-state index contributed by atoms with van der Waals surface area (Å²) < 4.78 is 17.0. The van der Waals surface area contributed by atoms with E-state index in [2.05, 4.69) is 15.4 Å². The standard InChI is InChI=1S/C23H25ClFN5O3/c1-3-18(29-13(2)8-19(26)32)16-5-6-17(24)21(22(16)25)23(33)15-4-7-20(27-10-15)30-11-14(12-31)9-28-30/h4-7,9-11,13,18,29,31H,3,8,12H2,1-2H3,(H2,26,32)/t13-,18-/m1/s1. The van der Waals surface area contributed by atoms with E-state index in [-0.39, 0.29) is 40.8 Å². The molecule has 0 unspecified atom stereocenters. The first-order valence-electron chi connectivity index (χ1n) is 10.4. The molecule has 2 aromatic heterocycles. The Hall–Kier alpha value is -3.14. The maximum absolute atomic E-state index is 15.5. The van der Waals surface area contributed by atoms with Crippen molar-refractivity contribution < 1.29 is 19.1 Å². The van der Waals surface area contributed by atoms with Gasteiger partial charge in [0.15, 0.2) is 11.6 Å². The topological polar surface area (TPSA) is 123 Å². The highest BCUT2D eigenvalue weighted by atomic mass is 35.5. The van der Waals surface area contributed by atoms with Crippen molar-refractivity contribution in [3.63, 3.8) is 0 Å². The average molecular weight is 474 g/mol. The number of amides is 1. The van der Waals surface area contributed by atoms with Gasteiger partial charge >= 0.3 is 0 Å². The lowest BCUT2D eigenvalue weighted by Crippen LogP contribution is -2.34. The smallest absolute Gasteiger partial charge is 0.218 e. The van der Waals surface area contributed by atoms with Crippen LogP contribution in [-0.4, -0.2) is 37.6 Å². The second kappa shape index (κ2) is 10.7. The lowest BCUT2D eigenvalue weighted by molar-refractivity contribution is -0.118. The van der Waals surface area contributed by atoms with E-state index in [1.165, 1.54) is 35.3 Å². The summed E-state index contributed by atoms with van der Waals surface area (Å²) in [6.07, 6.45) is 5.06. The first-order valence-corrected chi connectivity index (χ1v) is 10.8. The molecule has 3 rings (SSSR count). The lowest BCUT2D eigenvalue weighted by Gasteiger charge is -2.23.